The van der Waals surface area contributed by atoms with Crippen molar-refractivity contribution in [1.29, 1.82) is 0 Å². The second-order valence-corrected chi connectivity index (χ2v) is 13.8. The Bertz CT molecular complexity index is 724. The third kappa shape index (κ3) is 118. The second-order valence-electron chi connectivity index (χ2n) is 13.8. The molecule has 0 saturated heterocycles. The molecule has 0 aromatic carbocycles. The number of rotatable bonds is 34. The Balaban J connectivity index is -0.0000000952. The third-order valence-corrected chi connectivity index (χ3v) is 7.83. The lowest BCUT2D eigenvalue weighted by Gasteiger charge is -2.08. The minimum absolute atomic E-state index is 0.100. The van der Waals surface area contributed by atoms with E-state index in [2.05, 4.69) is 63.8 Å². The SMILES string of the molecule is CCC(C)CC.CCCCC(O)COCC.CCCOC(=O)NCC.CCCOCC.CCCOCCOCOCC.CCNCCOCC.CCOCCCCC(O)CC.O=C=O. The van der Waals surface area contributed by atoms with Crippen molar-refractivity contribution in [2.45, 2.75) is 193 Å². The van der Waals surface area contributed by atoms with Crippen LogP contribution in [0.1, 0.15) is 181 Å². The van der Waals surface area contributed by atoms with Crippen LogP contribution >= 0.6 is 0 Å². The maximum atomic E-state index is 10.5. The molecule has 0 aliphatic heterocycles. The molecule has 0 heterocycles. The molecule has 2 unspecified atom stereocenters. The molecule has 0 saturated carbocycles. The van der Waals surface area contributed by atoms with Gasteiger partial charge in [-0.3, -0.25) is 0 Å². The molecule has 0 fully saturated rings. The zero-order valence-electron chi connectivity index (χ0n) is 44.6. The van der Waals surface area contributed by atoms with Gasteiger partial charge in [-0.05, 0) is 105 Å². The van der Waals surface area contributed by atoms with Crippen molar-refractivity contribution >= 4 is 12.2 Å². The standard InChI is InChI=1S/C9H20O2.C8H18O3.C8H18O2.C6H13NO2.C6H15NO.C6H14.C5H12O.CO2/c1-3-9(10)7-5-6-8-11-4-2;1-3-5-10-6-7-11-8-9-4-2;1-3-5-6-8(9)7-10-4-2;1-3-5-9-6(8)7-4-2;1-3-7-5-6-8-4-2;1-4-6(3)5-2;1-3-5-6-4-2;2-1-3/h9-10H,3-8H2,1-2H3;3-8H2,1-2H3;8-9H,3-7H2,1-2H3;3-5H2,1-2H3,(H,7,8);7H,3-6H2,1-2H3;6H,4-5H2,1-3H3;3-5H2,1-2H3;. The van der Waals surface area contributed by atoms with Crippen LogP contribution in [0.15, 0.2) is 0 Å². The Morgan fingerprint density at radius 1 is 0.500 bits per heavy atom. The zero-order chi connectivity index (χ0) is 50.6. The number of likely N-dealkylation sites (N-methyl/N-ethyl adjacent to an activating group) is 1. The number of hydrogen-bond donors (Lipinski definition) is 4. The van der Waals surface area contributed by atoms with E-state index in [-0.39, 0.29) is 24.5 Å². The van der Waals surface area contributed by atoms with Gasteiger partial charge in [0, 0.05) is 65.9 Å². The molecule has 0 aromatic rings. The predicted molar refractivity (Wildman–Crippen MR) is 264 cm³/mol. The number of aliphatic hydroxyl groups is 2. The van der Waals surface area contributed by atoms with E-state index in [9.17, 15) is 15.0 Å². The van der Waals surface area contributed by atoms with Crippen LogP contribution in [0, 0.1) is 5.92 Å². The minimum Gasteiger partial charge on any atom is -0.450 e. The highest BCUT2D eigenvalue weighted by molar-refractivity contribution is 5.66. The summed E-state index contributed by atoms with van der Waals surface area (Å²) in [6.07, 6.45) is 12.4. The first-order valence-electron chi connectivity index (χ1n) is 24.9. The summed E-state index contributed by atoms with van der Waals surface area (Å²) in [5.41, 5.74) is 0. The Labute approximate surface area is 395 Å². The molecule has 0 bridgehead atoms. The summed E-state index contributed by atoms with van der Waals surface area (Å²) in [6, 6.07) is 0. The third-order valence-electron chi connectivity index (χ3n) is 7.83. The summed E-state index contributed by atoms with van der Waals surface area (Å²) in [6.45, 7) is 43.5. The second kappa shape index (κ2) is 88.1. The topological polar surface area (TPSA) is 190 Å². The molecule has 0 aliphatic rings. The van der Waals surface area contributed by atoms with Crippen LogP contribution in [0.2, 0.25) is 0 Å². The van der Waals surface area contributed by atoms with Gasteiger partial charge in [0.15, 0.2) is 0 Å². The van der Waals surface area contributed by atoms with Crippen LogP contribution in [-0.4, -0.2) is 147 Å². The molecule has 0 radical (unpaired) electrons. The first-order chi connectivity index (χ1) is 30.9. The van der Waals surface area contributed by atoms with Gasteiger partial charge in [-0.2, -0.15) is 9.59 Å². The van der Waals surface area contributed by atoms with Gasteiger partial charge in [0.25, 0.3) is 0 Å². The molecule has 2 atom stereocenters. The van der Waals surface area contributed by atoms with Gasteiger partial charge in [0.1, 0.15) is 6.79 Å². The number of ether oxygens (including phenoxy) is 8. The molecule has 1 amide bonds. The molecule has 0 rings (SSSR count). The summed E-state index contributed by atoms with van der Waals surface area (Å²) in [5, 5.41) is 24.0. The van der Waals surface area contributed by atoms with Crippen molar-refractivity contribution in [2.24, 2.45) is 5.92 Å². The summed E-state index contributed by atoms with van der Waals surface area (Å²) < 4.78 is 40.2. The van der Waals surface area contributed by atoms with Crippen LogP contribution in [0.4, 0.5) is 4.79 Å². The molecule has 15 heteroatoms. The summed E-state index contributed by atoms with van der Waals surface area (Å²) in [4.78, 5) is 26.7. The lowest BCUT2D eigenvalue weighted by Crippen LogP contribution is -2.23. The van der Waals surface area contributed by atoms with Crippen molar-refractivity contribution in [3.8, 4) is 0 Å². The van der Waals surface area contributed by atoms with Gasteiger partial charge in [-0.25, -0.2) is 4.79 Å². The van der Waals surface area contributed by atoms with E-state index in [0.29, 0.717) is 53.0 Å². The fourth-order valence-electron chi connectivity index (χ4n) is 3.71. The Kier molecular flexibility index (Phi) is 109. The van der Waals surface area contributed by atoms with Crippen LogP contribution in [-0.2, 0) is 47.5 Å². The largest absolute Gasteiger partial charge is 0.450 e. The quantitative estimate of drug-likeness (QED) is 0.0352. The number of amides is 1. The first-order valence-corrected chi connectivity index (χ1v) is 24.9. The van der Waals surface area contributed by atoms with Crippen molar-refractivity contribution in [3.05, 3.63) is 0 Å². The van der Waals surface area contributed by atoms with Crippen LogP contribution in [0.5, 0.6) is 0 Å². The maximum Gasteiger partial charge on any atom is 0.407 e. The number of hydrogen-bond acceptors (Lipinski definition) is 14. The fourth-order valence-corrected chi connectivity index (χ4v) is 3.71. The average Bonchev–Trinajstić information content (AvgIpc) is 3.31. The normalized spacial score (nSPS) is 10.5. The van der Waals surface area contributed by atoms with E-state index in [1.807, 2.05) is 55.4 Å². The van der Waals surface area contributed by atoms with Crippen LogP contribution in [0.25, 0.3) is 0 Å². The summed E-state index contributed by atoms with van der Waals surface area (Å²) in [5.74, 6) is 0.935. The molecule has 0 aliphatic carbocycles. The number of nitrogens with one attached hydrogen (secondary N) is 2. The lowest BCUT2D eigenvalue weighted by atomic mass is 10.1. The molecular formula is C49H110N2O13. The fraction of sp³-hybridized carbons (Fsp3) is 0.959. The molecule has 64 heavy (non-hydrogen) atoms. The van der Waals surface area contributed by atoms with E-state index in [4.69, 9.17) is 42.7 Å². The van der Waals surface area contributed by atoms with Gasteiger partial charge in [-0.1, -0.05) is 88.0 Å². The first kappa shape index (κ1) is 79.4. The smallest absolute Gasteiger partial charge is 0.407 e. The Hall–Kier alpha value is -1.75. The Morgan fingerprint density at radius 2 is 0.984 bits per heavy atom. The highest BCUT2D eigenvalue weighted by atomic mass is 16.7. The molecule has 394 valence electrons. The minimum atomic E-state index is -0.320. The highest BCUT2D eigenvalue weighted by Gasteiger charge is 2.01. The number of unbranched alkanes of at least 4 members (excludes halogenated alkanes) is 2. The number of carbonyl (C=O) groups excluding carboxylic acids is 3. The highest BCUT2D eigenvalue weighted by Crippen LogP contribution is 2.04. The predicted octanol–water partition coefficient (Wildman–Crippen LogP) is 10.0. The average molecular weight is 935 g/mol. The van der Waals surface area contributed by atoms with Crippen molar-refractivity contribution in [1.82, 2.24) is 10.6 Å². The van der Waals surface area contributed by atoms with Gasteiger partial charge in [0.05, 0.1) is 45.2 Å². The van der Waals surface area contributed by atoms with E-state index >= 15 is 0 Å². The van der Waals surface area contributed by atoms with E-state index in [1.165, 1.54) is 12.8 Å². The molecule has 0 spiro atoms. The van der Waals surface area contributed by atoms with Gasteiger partial charge in [-0.15, -0.1) is 0 Å². The molecule has 0 aromatic heterocycles. The van der Waals surface area contributed by atoms with Crippen LogP contribution < -0.4 is 10.6 Å². The van der Waals surface area contributed by atoms with Crippen molar-refractivity contribution in [3.63, 3.8) is 0 Å². The van der Waals surface area contributed by atoms with Gasteiger partial charge >= 0.3 is 12.2 Å². The molecule has 4 N–H and O–H groups in total. The van der Waals surface area contributed by atoms with E-state index < -0.39 is 0 Å². The number of alkyl carbamates (subject to hydrolysis) is 1. The maximum absolute atomic E-state index is 10.5. The van der Waals surface area contributed by atoms with Crippen molar-refractivity contribution < 1.29 is 62.5 Å². The monoisotopic (exact) mass is 935 g/mol. The molecular weight excluding hydrogens is 825 g/mol. The van der Waals surface area contributed by atoms with E-state index in [1.54, 1.807) is 0 Å². The zero-order valence-corrected chi connectivity index (χ0v) is 44.6. The summed E-state index contributed by atoms with van der Waals surface area (Å²) >= 11 is 0. The summed E-state index contributed by atoms with van der Waals surface area (Å²) in [7, 11) is 0. The molecule has 15 nitrogen and oxygen atoms in total. The number of aliphatic hydroxyl groups excluding tert-OH is 2. The van der Waals surface area contributed by atoms with Gasteiger partial charge in [0.2, 0.25) is 0 Å². The number of carbonyl (C=O) groups is 1. The lowest BCUT2D eigenvalue weighted by molar-refractivity contribution is -0.191. The van der Waals surface area contributed by atoms with Gasteiger partial charge < -0.3 is 58.7 Å². The Morgan fingerprint density at radius 3 is 1.41 bits per heavy atom. The van der Waals surface area contributed by atoms with E-state index in [0.717, 1.165) is 129 Å². The van der Waals surface area contributed by atoms with Crippen molar-refractivity contribution in [2.75, 3.05) is 112 Å². The van der Waals surface area contributed by atoms with Crippen LogP contribution in [0.3, 0.4) is 0 Å².